The Hall–Kier alpha value is -2.82. The minimum atomic E-state index is -6.49. The second kappa shape index (κ2) is 8.64. The number of benzene rings is 2. The molecule has 0 radical (unpaired) electrons. The van der Waals surface area contributed by atoms with E-state index in [1.54, 1.807) is 0 Å². The summed E-state index contributed by atoms with van der Waals surface area (Å²) in [6, 6.07) is 0. The molecule has 0 bridgehead atoms. The summed E-state index contributed by atoms with van der Waals surface area (Å²) in [4.78, 5) is 0. The number of hydrogen-bond donors (Lipinski definition) is 0. The molecule has 0 aliphatic carbocycles. The molecule has 0 heterocycles. The topological polar surface area (TPSA) is 0 Å². The van der Waals surface area contributed by atoms with Crippen LogP contribution in [0, 0.1) is 34.9 Å². The van der Waals surface area contributed by atoms with Crippen LogP contribution < -0.4 is 0 Å². The highest BCUT2D eigenvalue weighted by Gasteiger charge is 2.52. The monoisotopic (exact) mass is 562 g/mol. The van der Waals surface area contributed by atoms with Crippen LogP contribution in [0.15, 0.2) is 0 Å². The molecule has 18 heteroatoms. The van der Waals surface area contributed by atoms with Crippen molar-refractivity contribution >= 4 is 0 Å². The van der Waals surface area contributed by atoms with Gasteiger partial charge in [-0.15, -0.1) is 0 Å². The fourth-order valence-electron chi connectivity index (χ4n) is 3.36. The number of hydrogen-bond acceptors (Lipinski definition) is 0. The maximum Gasteiger partial charge on any atom is 0.422 e. The maximum absolute atomic E-state index is 14.4. The van der Waals surface area contributed by atoms with Crippen LogP contribution in [0.4, 0.5) is 79.0 Å². The largest absolute Gasteiger partial charge is 0.422 e. The molecular weight excluding hydrogens is 558 g/mol. The van der Waals surface area contributed by atoms with Crippen molar-refractivity contribution < 1.29 is 79.0 Å². The second-order valence-corrected chi connectivity index (χ2v) is 6.92. The van der Waals surface area contributed by atoms with Gasteiger partial charge < -0.3 is 0 Å². The Morgan fingerprint density at radius 2 is 0.583 bits per heavy atom. The van der Waals surface area contributed by atoms with E-state index in [4.69, 9.17) is 0 Å². The third-order valence-electron chi connectivity index (χ3n) is 4.71. The first-order valence-electron chi connectivity index (χ1n) is 8.56. The zero-order valence-electron chi connectivity index (χ0n) is 16.4. The van der Waals surface area contributed by atoms with Gasteiger partial charge in [-0.25, -0.2) is 26.3 Å². The molecule has 0 aliphatic rings. The van der Waals surface area contributed by atoms with Gasteiger partial charge in [0.1, 0.15) is 11.1 Å². The minimum Gasteiger partial charge on any atom is -0.206 e. The predicted octanol–water partition coefficient (Wildman–Crippen LogP) is 8.75. The highest BCUT2D eigenvalue weighted by molar-refractivity contribution is 5.50. The van der Waals surface area contributed by atoms with Gasteiger partial charge in [-0.3, -0.25) is 0 Å². The summed E-state index contributed by atoms with van der Waals surface area (Å²) in [7, 11) is 0. The number of alkyl halides is 12. The molecule has 0 N–H and O–H groups in total. The molecule has 0 atom stereocenters. The summed E-state index contributed by atoms with van der Waals surface area (Å²) in [5.74, 6) is -24.5. The summed E-state index contributed by atoms with van der Waals surface area (Å²) < 4.78 is 242. The first kappa shape index (κ1) is 29.4. The van der Waals surface area contributed by atoms with E-state index < -0.39 is 98.9 Å². The van der Waals surface area contributed by atoms with Crippen LogP contribution >= 0.6 is 0 Å². The standard InChI is InChI=1S/C18H4F18/c1-2(3-5(15(25,26)27)11(21)7(17(31,32)33)13(23)9(3)19)4-6(16(28,29)30)12(22)8(18(34,35)36)14(24)10(4)20/h2H,1H3. The minimum absolute atomic E-state index is 0.223. The lowest BCUT2D eigenvalue weighted by Crippen LogP contribution is -2.27. The van der Waals surface area contributed by atoms with Gasteiger partial charge in [-0.1, -0.05) is 6.92 Å². The molecule has 0 spiro atoms. The Kier molecular flexibility index (Phi) is 7.06. The summed E-state index contributed by atoms with van der Waals surface area (Å²) in [6.45, 7) is -0.223. The Morgan fingerprint density at radius 3 is 0.778 bits per heavy atom. The van der Waals surface area contributed by atoms with Crippen molar-refractivity contribution in [2.24, 2.45) is 0 Å². The van der Waals surface area contributed by atoms with Crippen molar-refractivity contribution in [3.8, 4) is 0 Å². The van der Waals surface area contributed by atoms with Gasteiger partial charge in [0, 0.05) is 17.0 Å². The van der Waals surface area contributed by atoms with E-state index in [9.17, 15) is 79.0 Å². The zero-order valence-corrected chi connectivity index (χ0v) is 16.4. The Balaban J connectivity index is 3.20. The van der Waals surface area contributed by atoms with Crippen molar-refractivity contribution in [2.45, 2.75) is 37.5 Å². The first-order chi connectivity index (χ1) is 15.9. The fourth-order valence-corrected chi connectivity index (χ4v) is 3.36. The molecule has 0 nitrogen and oxygen atoms in total. The molecule has 0 unspecified atom stereocenters. The molecule has 202 valence electrons. The highest BCUT2D eigenvalue weighted by atomic mass is 19.4. The average Bonchev–Trinajstić information content (AvgIpc) is 2.62. The van der Waals surface area contributed by atoms with Crippen molar-refractivity contribution in [1.82, 2.24) is 0 Å². The van der Waals surface area contributed by atoms with E-state index in [0.29, 0.717) is 0 Å². The van der Waals surface area contributed by atoms with Crippen LogP contribution in [-0.4, -0.2) is 0 Å². The molecule has 0 aliphatic heterocycles. The molecule has 0 amide bonds. The van der Waals surface area contributed by atoms with Crippen molar-refractivity contribution in [3.63, 3.8) is 0 Å². The molecule has 0 fully saturated rings. The Bertz CT molecular complexity index is 1100. The maximum atomic E-state index is 14.4. The van der Waals surface area contributed by atoms with E-state index in [1.165, 1.54) is 0 Å². The van der Waals surface area contributed by atoms with Crippen LogP contribution in [0.25, 0.3) is 0 Å². The van der Waals surface area contributed by atoms with E-state index in [1.807, 2.05) is 0 Å². The third-order valence-corrected chi connectivity index (χ3v) is 4.71. The highest BCUT2D eigenvalue weighted by Crippen LogP contribution is 2.50. The lowest BCUT2D eigenvalue weighted by atomic mass is 9.83. The van der Waals surface area contributed by atoms with E-state index >= 15 is 0 Å². The van der Waals surface area contributed by atoms with Crippen LogP contribution in [0.3, 0.4) is 0 Å². The van der Waals surface area contributed by atoms with Gasteiger partial charge in [0.2, 0.25) is 0 Å². The van der Waals surface area contributed by atoms with Crippen LogP contribution in [0.5, 0.6) is 0 Å². The molecule has 2 aromatic carbocycles. The SMILES string of the molecule is CC(c1c(F)c(F)c(C(F)(F)F)c(F)c1C(F)(F)F)c1c(F)c(F)c(C(F)(F)F)c(F)c1C(F)(F)F. The Labute approximate surface area is 186 Å². The lowest BCUT2D eigenvalue weighted by molar-refractivity contribution is -0.151. The molecule has 36 heavy (non-hydrogen) atoms. The van der Waals surface area contributed by atoms with Gasteiger partial charge in [0.25, 0.3) is 0 Å². The van der Waals surface area contributed by atoms with Gasteiger partial charge >= 0.3 is 24.7 Å². The number of rotatable bonds is 2. The van der Waals surface area contributed by atoms with Gasteiger partial charge in [-0.2, -0.15) is 52.7 Å². The van der Waals surface area contributed by atoms with E-state index in [-0.39, 0.29) is 6.92 Å². The average molecular weight is 562 g/mol. The van der Waals surface area contributed by atoms with Crippen LogP contribution in [-0.2, 0) is 24.7 Å². The van der Waals surface area contributed by atoms with Gasteiger partial charge in [0.15, 0.2) is 34.9 Å². The van der Waals surface area contributed by atoms with Crippen molar-refractivity contribution in [2.75, 3.05) is 0 Å². The summed E-state index contributed by atoms with van der Waals surface area (Å²) in [5.41, 5.74) is -19.6. The normalized spacial score (nSPS) is 13.7. The third kappa shape index (κ3) is 4.77. The first-order valence-corrected chi connectivity index (χ1v) is 8.56. The summed E-state index contributed by atoms with van der Waals surface area (Å²) >= 11 is 0. The summed E-state index contributed by atoms with van der Waals surface area (Å²) in [5, 5.41) is 0. The second-order valence-electron chi connectivity index (χ2n) is 6.92. The molecular formula is C18H4F18. The van der Waals surface area contributed by atoms with Crippen molar-refractivity contribution in [3.05, 3.63) is 68.3 Å². The van der Waals surface area contributed by atoms with E-state index in [2.05, 4.69) is 0 Å². The zero-order chi connectivity index (χ0) is 28.5. The van der Waals surface area contributed by atoms with Crippen LogP contribution in [0.1, 0.15) is 46.2 Å². The smallest absolute Gasteiger partial charge is 0.206 e. The van der Waals surface area contributed by atoms with Crippen LogP contribution in [0.2, 0.25) is 0 Å². The molecule has 0 aromatic heterocycles. The lowest BCUT2D eigenvalue weighted by Gasteiger charge is -2.26. The molecule has 0 saturated heterocycles. The quantitative estimate of drug-likeness (QED) is 0.254. The van der Waals surface area contributed by atoms with E-state index in [0.717, 1.165) is 0 Å². The molecule has 2 rings (SSSR count). The molecule has 2 aromatic rings. The van der Waals surface area contributed by atoms with Crippen molar-refractivity contribution in [1.29, 1.82) is 0 Å². The number of halogens is 18. The van der Waals surface area contributed by atoms with Gasteiger partial charge in [0.05, 0.1) is 11.1 Å². The van der Waals surface area contributed by atoms with Gasteiger partial charge in [-0.05, 0) is 0 Å². The predicted molar refractivity (Wildman–Crippen MR) is 80.2 cm³/mol. The fraction of sp³-hybridized carbons (Fsp3) is 0.333. The summed E-state index contributed by atoms with van der Waals surface area (Å²) in [6.07, 6.45) is -25.7. The molecule has 0 saturated carbocycles. The Morgan fingerprint density at radius 1 is 0.361 bits per heavy atom.